The molecule has 1 aromatic carbocycles. The number of halogens is 1. The predicted octanol–water partition coefficient (Wildman–Crippen LogP) is 2.74. The first kappa shape index (κ1) is 14.3. The minimum Gasteiger partial charge on any atom is -0.490 e. The number of hydrogen-bond donors (Lipinski definition) is 2. The Morgan fingerprint density at radius 3 is 2.88 bits per heavy atom. The molecule has 2 N–H and O–H groups in total. The lowest BCUT2D eigenvalue weighted by Crippen LogP contribution is -2.32. The molecule has 0 bridgehead atoms. The molecule has 17 heavy (non-hydrogen) atoms. The van der Waals surface area contributed by atoms with Crippen LogP contribution in [0.4, 0.5) is 0 Å². The van der Waals surface area contributed by atoms with Crippen LogP contribution in [0.3, 0.4) is 0 Å². The summed E-state index contributed by atoms with van der Waals surface area (Å²) in [6.45, 7) is 5.09. The quantitative estimate of drug-likeness (QED) is 0.583. The van der Waals surface area contributed by atoms with E-state index in [1.807, 2.05) is 32.0 Å². The van der Waals surface area contributed by atoms with Gasteiger partial charge in [-0.3, -0.25) is 5.32 Å². The van der Waals surface area contributed by atoms with Crippen molar-refractivity contribution in [2.24, 2.45) is 0 Å². The molecule has 0 amide bonds. The van der Waals surface area contributed by atoms with Gasteiger partial charge < -0.3 is 9.84 Å². The molecule has 1 unspecified atom stereocenters. The Kier molecular flexibility index (Phi) is 6.34. The zero-order valence-electron chi connectivity index (χ0n) is 10.4. The van der Waals surface area contributed by atoms with E-state index in [-0.39, 0.29) is 0 Å². The largest absolute Gasteiger partial charge is 0.490 e. The molecule has 0 radical (unpaired) electrons. The summed E-state index contributed by atoms with van der Waals surface area (Å²) in [6, 6.07) is 5.66. The summed E-state index contributed by atoms with van der Waals surface area (Å²) in [6.07, 6.45) is 1.26. The fourth-order valence-electron chi connectivity index (χ4n) is 1.55. The van der Waals surface area contributed by atoms with Crippen LogP contribution < -0.4 is 10.1 Å². The van der Waals surface area contributed by atoms with Crippen LogP contribution in [0, 0.1) is 6.92 Å². The minimum atomic E-state index is -0.448. The van der Waals surface area contributed by atoms with E-state index in [1.54, 1.807) is 0 Å². The molecule has 0 spiro atoms. The van der Waals surface area contributed by atoms with Gasteiger partial charge in [0.1, 0.15) is 18.6 Å². The van der Waals surface area contributed by atoms with Gasteiger partial charge in [0.15, 0.2) is 0 Å². The second-order valence-corrected chi connectivity index (χ2v) is 4.40. The molecule has 0 heterocycles. The van der Waals surface area contributed by atoms with Gasteiger partial charge in [0.25, 0.3) is 0 Å². The van der Waals surface area contributed by atoms with E-state index in [0.29, 0.717) is 18.2 Å². The van der Waals surface area contributed by atoms with Crippen molar-refractivity contribution in [1.82, 2.24) is 5.32 Å². The summed E-state index contributed by atoms with van der Waals surface area (Å²) >= 11 is 6.03. The van der Waals surface area contributed by atoms with Crippen molar-refractivity contribution in [1.29, 1.82) is 0 Å². The predicted molar refractivity (Wildman–Crippen MR) is 70.6 cm³/mol. The zero-order valence-corrected chi connectivity index (χ0v) is 11.1. The van der Waals surface area contributed by atoms with Gasteiger partial charge in [0.05, 0.1) is 5.02 Å². The highest BCUT2D eigenvalue weighted by atomic mass is 35.5. The third-order valence-electron chi connectivity index (χ3n) is 2.45. The first-order chi connectivity index (χ1) is 8.15. The van der Waals surface area contributed by atoms with E-state index in [9.17, 15) is 5.11 Å². The summed E-state index contributed by atoms with van der Waals surface area (Å²) in [5, 5.41) is 13.1. The van der Waals surface area contributed by atoms with E-state index in [1.165, 1.54) is 0 Å². The van der Waals surface area contributed by atoms with Crippen molar-refractivity contribution in [2.45, 2.75) is 32.9 Å². The summed E-state index contributed by atoms with van der Waals surface area (Å²) in [7, 11) is 0. The standard InChI is InChI=1S/C13H20ClNO2/c1-3-5-12(16)15-8-9-17-13-10(2)6-4-7-11(13)14/h4,6-7,12,15-16H,3,5,8-9H2,1-2H3. The van der Waals surface area contributed by atoms with Crippen LogP contribution in [0.2, 0.25) is 5.02 Å². The molecule has 4 heteroatoms. The average Bonchev–Trinajstić information content (AvgIpc) is 2.28. The maximum atomic E-state index is 9.46. The van der Waals surface area contributed by atoms with Crippen LogP contribution in [0.5, 0.6) is 5.75 Å². The number of hydrogen-bond acceptors (Lipinski definition) is 3. The third kappa shape index (κ3) is 4.94. The Bertz CT molecular complexity index is 324. The Morgan fingerprint density at radius 2 is 2.24 bits per heavy atom. The maximum absolute atomic E-state index is 9.46. The minimum absolute atomic E-state index is 0.448. The third-order valence-corrected chi connectivity index (χ3v) is 2.75. The summed E-state index contributed by atoms with van der Waals surface area (Å²) in [5.74, 6) is 0.723. The summed E-state index contributed by atoms with van der Waals surface area (Å²) < 4.78 is 5.59. The number of aliphatic hydroxyl groups is 1. The van der Waals surface area contributed by atoms with Gasteiger partial charge in [-0.15, -0.1) is 0 Å². The molecule has 1 aromatic rings. The van der Waals surface area contributed by atoms with E-state index in [4.69, 9.17) is 16.3 Å². The number of rotatable bonds is 7. The van der Waals surface area contributed by atoms with Crippen molar-refractivity contribution < 1.29 is 9.84 Å². The summed E-state index contributed by atoms with van der Waals surface area (Å²) in [5.41, 5.74) is 1.02. The van der Waals surface area contributed by atoms with Gasteiger partial charge in [-0.25, -0.2) is 0 Å². The zero-order chi connectivity index (χ0) is 12.7. The molecule has 96 valence electrons. The molecule has 3 nitrogen and oxygen atoms in total. The van der Waals surface area contributed by atoms with Crippen molar-refractivity contribution in [3.63, 3.8) is 0 Å². The highest BCUT2D eigenvalue weighted by molar-refractivity contribution is 6.32. The van der Waals surface area contributed by atoms with E-state index in [2.05, 4.69) is 5.32 Å². The average molecular weight is 258 g/mol. The first-order valence-electron chi connectivity index (χ1n) is 5.94. The molecule has 0 fully saturated rings. The molecular formula is C13H20ClNO2. The Labute approximate surface area is 108 Å². The number of aliphatic hydroxyl groups excluding tert-OH is 1. The lowest BCUT2D eigenvalue weighted by Gasteiger charge is -2.14. The van der Waals surface area contributed by atoms with E-state index < -0.39 is 6.23 Å². The second-order valence-electron chi connectivity index (χ2n) is 3.99. The van der Waals surface area contributed by atoms with Crippen LogP contribution >= 0.6 is 11.6 Å². The molecule has 1 rings (SSSR count). The Hall–Kier alpha value is -0.770. The SMILES string of the molecule is CCCC(O)NCCOc1c(C)cccc1Cl. The maximum Gasteiger partial charge on any atom is 0.140 e. The summed E-state index contributed by atoms with van der Waals surface area (Å²) in [4.78, 5) is 0. The smallest absolute Gasteiger partial charge is 0.140 e. The lowest BCUT2D eigenvalue weighted by atomic mass is 10.2. The molecule has 0 saturated carbocycles. The lowest BCUT2D eigenvalue weighted by molar-refractivity contribution is 0.120. The molecule has 0 aliphatic carbocycles. The van der Waals surface area contributed by atoms with Crippen molar-refractivity contribution in [3.05, 3.63) is 28.8 Å². The number of ether oxygens (including phenoxy) is 1. The van der Waals surface area contributed by atoms with Crippen molar-refractivity contribution >= 4 is 11.6 Å². The monoisotopic (exact) mass is 257 g/mol. The van der Waals surface area contributed by atoms with E-state index in [0.717, 1.165) is 24.2 Å². The number of nitrogens with one attached hydrogen (secondary N) is 1. The van der Waals surface area contributed by atoms with Gasteiger partial charge in [0.2, 0.25) is 0 Å². The van der Waals surface area contributed by atoms with Gasteiger partial charge in [-0.2, -0.15) is 0 Å². The second kappa shape index (κ2) is 7.54. The van der Waals surface area contributed by atoms with Crippen molar-refractivity contribution in [2.75, 3.05) is 13.2 Å². The van der Waals surface area contributed by atoms with Crippen LogP contribution in [-0.4, -0.2) is 24.5 Å². The molecule has 0 aliphatic rings. The van der Waals surface area contributed by atoms with E-state index >= 15 is 0 Å². The molecule has 1 atom stereocenters. The Morgan fingerprint density at radius 1 is 1.47 bits per heavy atom. The van der Waals surface area contributed by atoms with Gasteiger partial charge in [-0.05, 0) is 25.0 Å². The first-order valence-corrected chi connectivity index (χ1v) is 6.32. The number of aryl methyl sites for hydroxylation is 1. The van der Waals surface area contributed by atoms with Crippen LogP contribution in [-0.2, 0) is 0 Å². The molecular weight excluding hydrogens is 238 g/mol. The number of benzene rings is 1. The highest BCUT2D eigenvalue weighted by Gasteiger charge is 2.05. The number of para-hydroxylation sites is 1. The van der Waals surface area contributed by atoms with Gasteiger partial charge >= 0.3 is 0 Å². The molecule has 0 aliphatic heterocycles. The van der Waals surface area contributed by atoms with Crippen LogP contribution in [0.1, 0.15) is 25.3 Å². The molecule has 0 aromatic heterocycles. The highest BCUT2D eigenvalue weighted by Crippen LogP contribution is 2.27. The fourth-order valence-corrected chi connectivity index (χ4v) is 1.83. The van der Waals surface area contributed by atoms with Gasteiger partial charge in [-0.1, -0.05) is 37.1 Å². The van der Waals surface area contributed by atoms with Crippen molar-refractivity contribution in [3.8, 4) is 5.75 Å². The van der Waals surface area contributed by atoms with Crippen LogP contribution in [0.25, 0.3) is 0 Å². The van der Waals surface area contributed by atoms with Gasteiger partial charge in [0, 0.05) is 6.54 Å². The normalized spacial score (nSPS) is 12.5. The fraction of sp³-hybridized carbons (Fsp3) is 0.538. The molecule has 0 saturated heterocycles. The topological polar surface area (TPSA) is 41.5 Å². The van der Waals surface area contributed by atoms with Crippen LogP contribution in [0.15, 0.2) is 18.2 Å². The Balaban J connectivity index is 2.31.